The van der Waals surface area contributed by atoms with Crippen LogP contribution in [-0.4, -0.2) is 33.7 Å². The van der Waals surface area contributed by atoms with E-state index >= 15 is 0 Å². The maximum Gasteiger partial charge on any atom is 0.203 e. The van der Waals surface area contributed by atoms with Crippen molar-refractivity contribution in [3.8, 4) is 23.0 Å². The average molecular weight is 326 g/mol. The number of ether oxygens (including phenoxy) is 4. The lowest BCUT2D eigenvalue weighted by atomic mass is 9.98. The summed E-state index contributed by atoms with van der Waals surface area (Å²) in [5.41, 5.74) is 1.92. The first kappa shape index (κ1) is 15.9. The van der Waals surface area contributed by atoms with Crippen molar-refractivity contribution >= 4 is 11.9 Å². The summed E-state index contributed by atoms with van der Waals surface area (Å²) in [6.07, 6.45) is 1.78. The fraction of sp³-hybridized carbons (Fsp3) is 0.211. The molecule has 0 radical (unpaired) electrons. The molecule has 0 aliphatic carbocycles. The SMILES string of the molecule is COc1cc(/C=C2/COc3ccccc3C2=O)cc(OC)c1OC. The van der Waals surface area contributed by atoms with E-state index in [4.69, 9.17) is 18.9 Å². The van der Waals surface area contributed by atoms with E-state index in [1.54, 1.807) is 51.7 Å². The van der Waals surface area contributed by atoms with E-state index in [-0.39, 0.29) is 12.4 Å². The standard InChI is InChI=1S/C19H18O5/c1-21-16-9-12(10-17(22-2)19(16)23-3)8-13-11-24-15-7-5-4-6-14(15)18(13)20/h4-10H,11H2,1-3H3/b13-8-. The van der Waals surface area contributed by atoms with Gasteiger partial charge < -0.3 is 18.9 Å². The molecule has 3 rings (SSSR count). The van der Waals surface area contributed by atoms with E-state index in [1.165, 1.54) is 0 Å². The van der Waals surface area contributed by atoms with Gasteiger partial charge >= 0.3 is 0 Å². The minimum absolute atomic E-state index is 0.0365. The number of carbonyl (C=O) groups excluding carboxylic acids is 1. The first-order valence-corrected chi connectivity index (χ1v) is 7.45. The molecule has 2 aromatic carbocycles. The van der Waals surface area contributed by atoms with Gasteiger partial charge in [0.1, 0.15) is 12.4 Å². The zero-order chi connectivity index (χ0) is 17.1. The maximum atomic E-state index is 12.6. The van der Waals surface area contributed by atoms with Gasteiger partial charge in [-0.2, -0.15) is 0 Å². The highest BCUT2D eigenvalue weighted by Gasteiger charge is 2.23. The average Bonchev–Trinajstić information content (AvgIpc) is 2.63. The molecule has 1 heterocycles. The number of methoxy groups -OCH3 is 3. The van der Waals surface area contributed by atoms with Crippen LogP contribution < -0.4 is 18.9 Å². The van der Waals surface area contributed by atoms with Crippen LogP contribution in [0, 0.1) is 0 Å². The minimum atomic E-state index is -0.0365. The molecule has 0 aromatic heterocycles. The minimum Gasteiger partial charge on any atom is -0.493 e. The van der Waals surface area contributed by atoms with Crippen molar-refractivity contribution in [2.45, 2.75) is 0 Å². The highest BCUT2D eigenvalue weighted by molar-refractivity contribution is 6.14. The van der Waals surface area contributed by atoms with Crippen LogP contribution >= 0.6 is 0 Å². The zero-order valence-corrected chi connectivity index (χ0v) is 13.8. The first-order valence-electron chi connectivity index (χ1n) is 7.45. The highest BCUT2D eigenvalue weighted by Crippen LogP contribution is 2.39. The molecule has 5 heteroatoms. The van der Waals surface area contributed by atoms with Crippen molar-refractivity contribution in [1.82, 2.24) is 0 Å². The lowest BCUT2D eigenvalue weighted by molar-refractivity contribution is 0.100. The van der Waals surface area contributed by atoms with Crippen molar-refractivity contribution < 1.29 is 23.7 Å². The van der Waals surface area contributed by atoms with Gasteiger partial charge in [0.2, 0.25) is 5.75 Å². The van der Waals surface area contributed by atoms with Crippen molar-refractivity contribution in [2.24, 2.45) is 0 Å². The topological polar surface area (TPSA) is 54.0 Å². The molecule has 0 N–H and O–H groups in total. The molecule has 5 nitrogen and oxygen atoms in total. The summed E-state index contributed by atoms with van der Waals surface area (Å²) in [7, 11) is 4.66. The molecule has 2 aromatic rings. The number of carbonyl (C=O) groups is 1. The Morgan fingerprint density at radius 3 is 2.29 bits per heavy atom. The van der Waals surface area contributed by atoms with E-state index in [0.29, 0.717) is 34.1 Å². The van der Waals surface area contributed by atoms with Crippen molar-refractivity contribution in [2.75, 3.05) is 27.9 Å². The van der Waals surface area contributed by atoms with Gasteiger partial charge in [0.25, 0.3) is 0 Å². The van der Waals surface area contributed by atoms with E-state index in [0.717, 1.165) is 5.56 Å². The van der Waals surface area contributed by atoms with Crippen molar-refractivity contribution in [3.63, 3.8) is 0 Å². The summed E-state index contributed by atoms with van der Waals surface area (Å²) in [6.45, 7) is 0.229. The number of benzene rings is 2. The Balaban J connectivity index is 2.02. The van der Waals surface area contributed by atoms with E-state index < -0.39 is 0 Å². The van der Waals surface area contributed by atoms with E-state index in [9.17, 15) is 4.79 Å². The fourth-order valence-electron chi connectivity index (χ4n) is 2.67. The third-order valence-corrected chi connectivity index (χ3v) is 3.83. The molecule has 0 fully saturated rings. The van der Waals surface area contributed by atoms with Gasteiger partial charge in [-0.1, -0.05) is 12.1 Å². The number of rotatable bonds is 4. The first-order chi connectivity index (χ1) is 11.7. The Bertz CT molecular complexity index is 782. The Morgan fingerprint density at radius 1 is 1.00 bits per heavy atom. The Morgan fingerprint density at radius 2 is 1.67 bits per heavy atom. The molecule has 124 valence electrons. The van der Waals surface area contributed by atoms with E-state index in [2.05, 4.69) is 0 Å². The zero-order valence-electron chi connectivity index (χ0n) is 13.8. The molecule has 1 aliphatic heterocycles. The number of para-hydroxylation sites is 1. The second kappa shape index (κ2) is 6.66. The quantitative estimate of drug-likeness (QED) is 0.806. The van der Waals surface area contributed by atoms with Gasteiger partial charge in [0.05, 0.1) is 26.9 Å². The second-order valence-corrected chi connectivity index (χ2v) is 5.24. The number of Topliss-reactive ketones (excluding diaryl/α,β-unsaturated/α-hetero) is 1. The van der Waals surface area contributed by atoms with E-state index in [1.807, 2.05) is 12.1 Å². The summed E-state index contributed by atoms with van der Waals surface area (Å²) in [5.74, 6) is 2.16. The van der Waals surface area contributed by atoms with Gasteiger partial charge in [-0.05, 0) is 35.9 Å². The summed E-state index contributed by atoms with van der Waals surface area (Å²) < 4.78 is 21.7. The molecule has 0 saturated carbocycles. The molecule has 0 saturated heterocycles. The predicted molar refractivity (Wildman–Crippen MR) is 90.3 cm³/mol. The Labute approximate surface area is 140 Å². The predicted octanol–water partition coefficient (Wildman–Crippen LogP) is 3.37. The Kier molecular flexibility index (Phi) is 4.42. The lowest BCUT2D eigenvalue weighted by Crippen LogP contribution is -2.18. The molecule has 0 atom stereocenters. The molecule has 24 heavy (non-hydrogen) atoms. The highest BCUT2D eigenvalue weighted by atomic mass is 16.5. The smallest absolute Gasteiger partial charge is 0.203 e. The summed E-state index contributed by atoms with van der Waals surface area (Å²) in [6, 6.07) is 10.8. The molecular formula is C19H18O5. The van der Waals surface area contributed by atoms with Gasteiger partial charge in [-0.15, -0.1) is 0 Å². The number of hydrogen-bond acceptors (Lipinski definition) is 5. The van der Waals surface area contributed by atoms with Gasteiger partial charge in [-0.3, -0.25) is 4.79 Å². The van der Waals surface area contributed by atoms with Gasteiger partial charge in [-0.25, -0.2) is 0 Å². The van der Waals surface area contributed by atoms with Crippen LogP contribution in [-0.2, 0) is 0 Å². The lowest BCUT2D eigenvalue weighted by Gasteiger charge is -2.19. The van der Waals surface area contributed by atoms with Crippen LogP contribution in [0.5, 0.6) is 23.0 Å². The molecule has 0 bridgehead atoms. The monoisotopic (exact) mass is 326 g/mol. The van der Waals surface area contributed by atoms with Crippen LogP contribution in [0.15, 0.2) is 42.0 Å². The summed E-state index contributed by atoms with van der Waals surface area (Å²) >= 11 is 0. The third-order valence-electron chi connectivity index (χ3n) is 3.83. The molecule has 1 aliphatic rings. The van der Waals surface area contributed by atoms with Crippen LogP contribution in [0.4, 0.5) is 0 Å². The second-order valence-electron chi connectivity index (χ2n) is 5.24. The van der Waals surface area contributed by atoms with Crippen LogP contribution in [0.25, 0.3) is 6.08 Å². The summed E-state index contributed by atoms with van der Waals surface area (Å²) in [4.78, 5) is 12.6. The molecule has 0 spiro atoms. The number of hydrogen-bond donors (Lipinski definition) is 0. The van der Waals surface area contributed by atoms with Crippen molar-refractivity contribution in [1.29, 1.82) is 0 Å². The number of ketones is 1. The van der Waals surface area contributed by atoms with Crippen LogP contribution in [0.3, 0.4) is 0 Å². The third kappa shape index (κ3) is 2.80. The Hall–Kier alpha value is -2.95. The fourth-order valence-corrected chi connectivity index (χ4v) is 2.67. The molecular weight excluding hydrogens is 308 g/mol. The van der Waals surface area contributed by atoms with Crippen molar-refractivity contribution in [3.05, 3.63) is 53.1 Å². The van der Waals surface area contributed by atoms with Gasteiger partial charge in [0, 0.05) is 5.57 Å². The van der Waals surface area contributed by atoms with Crippen LogP contribution in [0.2, 0.25) is 0 Å². The van der Waals surface area contributed by atoms with Crippen LogP contribution in [0.1, 0.15) is 15.9 Å². The summed E-state index contributed by atoms with van der Waals surface area (Å²) in [5, 5.41) is 0. The van der Waals surface area contributed by atoms with Gasteiger partial charge in [0.15, 0.2) is 17.3 Å². The number of fused-ring (bicyclic) bond motifs is 1. The normalized spacial score (nSPS) is 14.8. The largest absolute Gasteiger partial charge is 0.493 e. The maximum absolute atomic E-state index is 12.6. The molecule has 0 amide bonds. The molecule has 0 unspecified atom stereocenters.